The molecule has 1 atom stereocenters. The number of ether oxygens (including phenoxy) is 1. The van der Waals surface area contributed by atoms with Crippen molar-refractivity contribution >= 4 is 40.5 Å². The molecule has 134 valence electrons. The summed E-state index contributed by atoms with van der Waals surface area (Å²) in [5.41, 5.74) is 2.70. The minimum Gasteiger partial charge on any atom is -0.497 e. The van der Waals surface area contributed by atoms with Gasteiger partial charge in [-0.25, -0.2) is 0 Å². The van der Waals surface area contributed by atoms with Crippen LogP contribution in [0.2, 0.25) is 5.02 Å². The number of anilines is 1. The Balaban J connectivity index is 1.94. The van der Waals surface area contributed by atoms with Gasteiger partial charge >= 0.3 is 0 Å². The number of para-hydroxylation sites is 1. The highest BCUT2D eigenvalue weighted by Crippen LogP contribution is 2.30. The van der Waals surface area contributed by atoms with Gasteiger partial charge in [0.2, 0.25) is 0 Å². The zero-order chi connectivity index (χ0) is 18.7. The monoisotopic (exact) mass is 387 g/mol. The smallest absolute Gasteiger partial charge is 0.255 e. The van der Waals surface area contributed by atoms with E-state index < -0.39 is 0 Å². The van der Waals surface area contributed by atoms with Crippen molar-refractivity contribution in [3.63, 3.8) is 0 Å². The molecule has 1 aliphatic rings. The topological polar surface area (TPSA) is 62.4 Å². The molecule has 7 heteroatoms. The zero-order valence-electron chi connectivity index (χ0n) is 14.3. The fourth-order valence-corrected chi connectivity index (χ4v) is 3.25. The van der Waals surface area contributed by atoms with E-state index in [0.717, 1.165) is 11.3 Å². The minimum atomic E-state index is -0.378. The molecule has 2 aromatic rings. The van der Waals surface area contributed by atoms with Gasteiger partial charge in [-0.1, -0.05) is 35.9 Å². The molecular weight excluding hydrogens is 370 g/mol. The fraction of sp³-hybridized carbons (Fsp3) is 0.158. The van der Waals surface area contributed by atoms with Crippen LogP contribution in [-0.2, 0) is 4.79 Å². The summed E-state index contributed by atoms with van der Waals surface area (Å²) in [7, 11) is 1.61. The van der Waals surface area contributed by atoms with Crippen molar-refractivity contribution in [1.82, 2.24) is 10.6 Å². The van der Waals surface area contributed by atoms with E-state index in [9.17, 15) is 4.79 Å². The van der Waals surface area contributed by atoms with Crippen molar-refractivity contribution in [3.8, 4) is 5.75 Å². The predicted octanol–water partition coefficient (Wildman–Crippen LogP) is 3.78. The van der Waals surface area contributed by atoms with Gasteiger partial charge in [-0.05, 0) is 49.0 Å². The molecule has 3 rings (SSSR count). The first-order valence-electron chi connectivity index (χ1n) is 7.97. The van der Waals surface area contributed by atoms with Crippen LogP contribution in [0.1, 0.15) is 18.5 Å². The lowest BCUT2D eigenvalue weighted by atomic mass is 9.95. The number of allylic oxidation sites excluding steroid dienone is 1. The second-order valence-corrected chi connectivity index (χ2v) is 6.59. The molecule has 26 heavy (non-hydrogen) atoms. The normalized spacial score (nSPS) is 16.6. The number of carbonyl (C=O) groups excluding carboxylic acids is 1. The molecule has 0 spiro atoms. The van der Waals surface area contributed by atoms with Gasteiger partial charge in [0.1, 0.15) is 5.75 Å². The molecule has 0 fully saturated rings. The summed E-state index contributed by atoms with van der Waals surface area (Å²) in [4.78, 5) is 13.0. The van der Waals surface area contributed by atoms with E-state index in [-0.39, 0.29) is 11.9 Å². The molecule has 0 aliphatic carbocycles. The molecule has 0 bridgehead atoms. The zero-order valence-corrected chi connectivity index (χ0v) is 15.9. The van der Waals surface area contributed by atoms with Crippen LogP contribution in [0.3, 0.4) is 0 Å². The number of rotatable bonds is 4. The number of amides is 1. The number of thiocarbonyl (C=S) groups is 1. The van der Waals surface area contributed by atoms with Crippen LogP contribution >= 0.6 is 23.8 Å². The van der Waals surface area contributed by atoms with Gasteiger partial charge in [-0.2, -0.15) is 0 Å². The van der Waals surface area contributed by atoms with Gasteiger partial charge in [-0.15, -0.1) is 0 Å². The van der Waals surface area contributed by atoms with Crippen LogP contribution in [-0.4, -0.2) is 18.1 Å². The van der Waals surface area contributed by atoms with Gasteiger partial charge in [0.15, 0.2) is 5.11 Å². The average Bonchev–Trinajstić information content (AvgIpc) is 2.63. The number of nitrogens with one attached hydrogen (secondary N) is 3. The molecule has 1 heterocycles. The lowest BCUT2D eigenvalue weighted by Gasteiger charge is -2.30. The summed E-state index contributed by atoms with van der Waals surface area (Å²) in [6.07, 6.45) is 0. The summed E-state index contributed by atoms with van der Waals surface area (Å²) in [6.45, 7) is 1.82. The Morgan fingerprint density at radius 1 is 1.19 bits per heavy atom. The number of methoxy groups -OCH3 is 1. The summed E-state index contributed by atoms with van der Waals surface area (Å²) in [5.74, 6) is 0.493. The standard InChI is InChI=1S/C19H18ClN3O2S/c1-11-16(18(24)22-15-6-4-3-5-14(15)20)17(23-19(26)21-11)12-7-9-13(25-2)10-8-12/h3-10,17H,1-2H3,(H,22,24)(H2,21,23,26)/t17-/m0/s1. The molecular formula is C19H18ClN3O2S. The highest BCUT2D eigenvalue weighted by Gasteiger charge is 2.30. The fourth-order valence-electron chi connectivity index (χ4n) is 2.79. The average molecular weight is 388 g/mol. The van der Waals surface area contributed by atoms with E-state index in [1.54, 1.807) is 19.2 Å². The number of halogens is 1. The SMILES string of the molecule is COc1ccc([C@@H]2NC(=S)NC(C)=C2C(=O)Nc2ccccc2Cl)cc1. The van der Waals surface area contributed by atoms with Crippen molar-refractivity contribution in [3.05, 3.63) is 70.4 Å². The predicted molar refractivity (Wildman–Crippen MR) is 107 cm³/mol. The van der Waals surface area contributed by atoms with Gasteiger partial charge < -0.3 is 20.7 Å². The van der Waals surface area contributed by atoms with E-state index in [0.29, 0.717) is 27.1 Å². The van der Waals surface area contributed by atoms with Crippen LogP contribution < -0.4 is 20.7 Å². The summed E-state index contributed by atoms with van der Waals surface area (Å²) in [5, 5.41) is 9.99. The van der Waals surface area contributed by atoms with Crippen molar-refractivity contribution < 1.29 is 9.53 Å². The quantitative estimate of drug-likeness (QED) is 0.697. The Hall–Kier alpha value is -2.57. The van der Waals surface area contributed by atoms with Crippen LogP contribution in [0.5, 0.6) is 5.75 Å². The molecule has 2 aromatic carbocycles. The minimum absolute atomic E-state index is 0.251. The van der Waals surface area contributed by atoms with Gasteiger partial charge in [0.05, 0.1) is 29.4 Å². The first-order chi connectivity index (χ1) is 12.5. The molecule has 1 aliphatic heterocycles. The largest absolute Gasteiger partial charge is 0.497 e. The third-order valence-electron chi connectivity index (χ3n) is 4.08. The maximum absolute atomic E-state index is 13.0. The molecule has 0 unspecified atom stereocenters. The second kappa shape index (κ2) is 7.76. The lowest BCUT2D eigenvalue weighted by Crippen LogP contribution is -2.45. The first kappa shape index (κ1) is 18.2. The van der Waals surface area contributed by atoms with Gasteiger partial charge in [0.25, 0.3) is 5.91 Å². The van der Waals surface area contributed by atoms with Crippen LogP contribution in [0, 0.1) is 0 Å². The third-order valence-corrected chi connectivity index (χ3v) is 4.63. The molecule has 0 radical (unpaired) electrons. The summed E-state index contributed by atoms with van der Waals surface area (Å²) < 4.78 is 5.20. The molecule has 0 saturated carbocycles. The summed E-state index contributed by atoms with van der Waals surface area (Å²) in [6, 6.07) is 14.2. The van der Waals surface area contributed by atoms with Crippen LogP contribution in [0.15, 0.2) is 59.8 Å². The van der Waals surface area contributed by atoms with E-state index >= 15 is 0 Å². The van der Waals surface area contributed by atoms with E-state index in [1.165, 1.54) is 0 Å². The first-order valence-corrected chi connectivity index (χ1v) is 8.76. The maximum atomic E-state index is 13.0. The lowest BCUT2D eigenvalue weighted by molar-refractivity contribution is -0.113. The molecule has 3 N–H and O–H groups in total. The van der Waals surface area contributed by atoms with Gasteiger partial charge in [-0.3, -0.25) is 4.79 Å². The highest BCUT2D eigenvalue weighted by molar-refractivity contribution is 7.80. The molecule has 0 saturated heterocycles. The third kappa shape index (κ3) is 3.81. The van der Waals surface area contributed by atoms with Crippen molar-refractivity contribution in [2.24, 2.45) is 0 Å². The Kier molecular flexibility index (Phi) is 5.44. The van der Waals surface area contributed by atoms with Gasteiger partial charge in [0, 0.05) is 5.70 Å². The maximum Gasteiger partial charge on any atom is 0.255 e. The number of hydrogen-bond donors (Lipinski definition) is 3. The van der Waals surface area contributed by atoms with E-state index in [2.05, 4.69) is 16.0 Å². The van der Waals surface area contributed by atoms with Crippen molar-refractivity contribution in [2.45, 2.75) is 13.0 Å². The molecule has 1 amide bonds. The number of benzene rings is 2. The Morgan fingerprint density at radius 3 is 2.54 bits per heavy atom. The van der Waals surface area contributed by atoms with E-state index in [4.69, 9.17) is 28.6 Å². The summed E-state index contributed by atoms with van der Waals surface area (Å²) >= 11 is 11.4. The van der Waals surface area contributed by atoms with E-state index in [1.807, 2.05) is 43.3 Å². The Labute approximate surface area is 162 Å². The molecule has 5 nitrogen and oxygen atoms in total. The highest BCUT2D eigenvalue weighted by atomic mass is 35.5. The number of hydrogen-bond acceptors (Lipinski definition) is 3. The van der Waals surface area contributed by atoms with Crippen molar-refractivity contribution in [1.29, 1.82) is 0 Å². The second-order valence-electron chi connectivity index (χ2n) is 5.78. The van der Waals surface area contributed by atoms with Crippen molar-refractivity contribution in [2.75, 3.05) is 12.4 Å². The Morgan fingerprint density at radius 2 is 1.88 bits per heavy atom. The number of carbonyl (C=O) groups is 1. The van der Waals surface area contributed by atoms with Crippen LogP contribution in [0.4, 0.5) is 5.69 Å². The Bertz CT molecular complexity index is 881. The van der Waals surface area contributed by atoms with Crippen LogP contribution in [0.25, 0.3) is 0 Å². The molecule has 0 aromatic heterocycles.